The summed E-state index contributed by atoms with van der Waals surface area (Å²) in [6.07, 6.45) is 0.302. The highest BCUT2D eigenvalue weighted by Gasteiger charge is 2.44. The Morgan fingerprint density at radius 1 is 1.21 bits per heavy atom. The van der Waals surface area contributed by atoms with Crippen molar-refractivity contribution in [3.8, 4) is 11.5 Å². The van der Waals surface area contributed by atoms with Crippen LogP contribution in [0.1, 0.15) is 48.4 Å². The Kier molecular flexibility index (Phi) is 5.47. The molecule has 3 atom stereocenters. The molecule has 7 nitrogen and oxygen atoms in total. The number of methoxy groups -OCH3 is 2. The van der Waals surface area contributed by atoms with Crippen molar-refractivity contribution in [1.29, 1.82) is 0 Å². The molecule has 2 aliphatic heterocycles. The van der Waals surface area contributed by atoms with Crippen LogP contribution in [0.4, 0.5) is 0 Å². The third-order valence-electron chi connectivity index (χ3n) is 6.10. The SMILES string of the molecule is [2H]C([2H])([2H])C(=O)OC1CC2c3cc(OC)c(OC)cc3CCN2CC1C(=O)N(CC)CC. The van der Waals surface area contributed by atoms with E-state index in [1.165, 1.54) is 0 Å². The van der Waals surface area contributed by atoms with Crippen LogP contribution in [-0.2, 0) is 20.7 Å². The van der Waals surface area contributed by atoms with E-state index >= 15 is 0 Å². The number of fused-ring (bicyclic) bond motifs is 3. The van der Waals surface area contributed by atoms with Gasteiger partial charge in [0.15, 0.2) is 11.5 Å². The Balaban J connectivity index is 1.96. The van der Waals surface area contributed by atoms with Crippen LogP contribution in [0.3, 0.4) is 0 Å². The molecule has 1 aromatic carbocycles. The number of amides is 1. The number of carbonyl (C=O) groups excluding carboxylic acids is 2. The lowest BCUT2D eigenvalue weighted by molar-refractivity contribution is -0.161. The number of hydrogen-bond acceptors (Lipinski definition) is 6. The molecule has 2 aliphatic rings. The summed E-state index contributed by atoms with van der Waals surface area (Å²) in [5.41, 5.74) is 2.14. The molecule has 0 saturated carbocycles. The first-order valence-electron chi connectivity index (χ1n) is 11.6. The third kappa shape index (κ3) is 4.20. The van der Waals surface area contributed by atoms with E-state index in [1.807, 2.05) is 26.0 Å². The molecule has 1 saturated heterocycles. The van der Waals surface area contributed by atoms with E-state index in [-0.39, 0.29) is 11.9 Å². The zero-order valence-corrected chi connectivity index (χ0v) is 17.6. The summed E-state index contributed by atoms with van der Waals surface area (Å²) in [6, 6.07) is 3.77. The molecule has 160 valence electrons. The van der Waals surface area contributed by atoms with Crippen LogP contribution >= 0.6 is 0 Å². The number of carbonyl (C=O) groups is 2. The van der Waals surface area contributed by atoms with Crippen molar-refractivity contribution in [2.45, 2.75) is 45.7 Å². The highest BCUT2D eigenvalue weighted by molar-refractivity contribution is 5.80. The molecule has 0 spiro atoms. The van der Waals surface area contributed by atoms with Gasteiger partial charge in [-0.2, -0.15) is 0 Å². The van der Waals surface area contributed by atoms with Crippen LogP contribution in [-0.4, -0.2) is 68.2 Å². The molecule has 0 bridgehead atoms. The molecular formula is C22H32N2O5. The minimum absolute atomic E-state index is 0.116. The first-order chi connectivity index (χ1) is 15.1. The van der Waals surface area contributed by atoms with Gasteiger partial charge in [-0.25, -0.2) is 0 Å². The molecule has 0 aromatic heterocycles. The molecule has 1 fully saturated rings. The van der Waals surface area contributed by atoms with Gasteiger partial charge < -0.3 is 19.1 Å². The Morgan fingerprint density at radius 2 is 1.90 bits per heavy atom. The topological polar surface area (TPSA) is 68.3 Å². The summed E-state index contributed by atoms with van der Waals surface area (Å²) >= 11 is 0. The number of esters is 1. The largest absolute Gasteiger partial charge is 0.493 e. The van der Waals surface area contributed by atoms with Crippen molar-refractivity contribution in [1.82, 2.24) is 9.80 Å². The Morgan fingerprint density at radius 3 is 2.52 bits per heavy atom. The number of nitrogens with zero attached hydrogens (tertiary/aromatic N) is 2. The third-order valence-corrected chi connectivity index (χ3v) is 6.10. The summed E-state index contributed by atoms with van der Waals surface area (Å²) < 4.78 is 38.6. The summed E-state index contributed by atoms with van der Waals surface area (Å²) in [4.78, 5) is 29.4. The van der Waals surface area contributed by atoms with Crippen LogP contribution in [0.5, 0.6) is 11.5 Å². The first kappa shape index (κ1) is 17.6. The summed E-state index contributed by atoms with van der Waals surface area (Å²) in [7, 11) is 3.17. The van der Waals surface area contributed by atoms with E-state index in [9.17, 15) is 9.59 Å². The number of piperidine rings is 1. The van der Waals surface area contributed by atoms with E-state index in [1.54, 1.807) is 19.1 Å². The maximum absolute atomic E-state index is 13.2. The van der Waals surface area contributed by atoms with Crippen molar-refractivity contribution < 1.29 is 27.9 Å². The number of ether oxygens (including phenoxy) is 3. The zero-order chi connectivity index (χ0) is 23.6. The fourth-order valence-corrected chi connectivity index (χ4v) is 4.60. The van der Waals surface area contributed by atoms with Crippen molar-refractivity contribution in [2.75, 3.05) is 40.4 Å². The lowest BCUT2D eigenvalue weighted by Gasteiger charge is -2.46. The van der Waals surface area contributed by atoms with E-state index in [4.69, 9.17) is 18.3 Å². The minimum Gasteiger partial charge on any atom is -0.493 e. The van der Waals surface area contributed by atoms with Crippen LogP contribution in [0.15, 0.2) is 12.1 Å². The normalized spacial score (nSPS) is 25.5. The molecule has 29 heavy (non-hydrogen) atoms. The fourth-order valence-electron chi connectivity index (χ4n) is 4.60. The predicted octanol–water partition coefficient (Wildman–Crippen LogP) is 2.42. The van der Waals surface area contributed by atoms with Gasteiger partial charge in [-0.05, 0) is 43.5 Å². The van der Waals surface area contributed by atoms with Crippen molar-refractivity contribution in [3.63, 3.8) is 0 Å². The first-order valence-corrected chi connectivity index (χ1v) is 10.1. The van der Waals surface area contributed by atoms with Gasteiger partial charge in [0.1, 0.15) is 6.10 Å². The summed E-state index contributed by atoms with van der Waals surface area (Å²) in [5.74, 6) is -0.744. The highest BCUT2D eigenvalue weighted by atomic mass is 16.5. The molecule has 2 heterocycles. The van der Waals surface area contributed by atoms with Gasteiger partial charge >= 0.3 is 5.97 Å². The number of hydrogen-bond donors (Lipinski definition) is 0. The van der Waals surface area contributed by atoms with Gasteiger partial charge in [-0.1, -0.05) is 0 Å². The second-order valence-electron chi connectivity index (χ2n) is 7.46. The zero-order valence-electron chi connectivity index (χ0n) is 20.6. The number of rotatable bonds is 6. The lowest BCUT2D eigenvalue weighted by atomic mass is 9.81. The average Bonchev–Trinajstić information content (AvgIpc) is 2.77. The van der Waals surface area contributed by atoms with Gasteiger partial charge in [0.2, 0.25) is 5.91 Å². The molecule has 3 unspecified atom stereocenters. The van der Waals surface area contributed by atoms with Crippen LogP contribution in [0, 0.1) is 5.92 Å². The van der Waals surface area contributed by atoms with Crippen molar-refractivity contribution in [2.24, 2.45) is 5.92 Å². The standard InChI is InChI=1S/C22H32N2O5/c1-6-23(7-2)22(26)17-13-24-9-8-15-10-20(27-4)21(28-5)11-16(15)18(24)12-19(17)29-14(3)25/h10-11,17-19H,6-9,12-13H2,1-5H3/i3D3. The van der Waals surface area contributed by atoms with Crippen LogP contribution < -0.4 is 9.47 Å². The summed E-state index contributed by atoms with van der Waals surface area (Å²) in [6.45, 7) is 3.13. The smallest absolute Gasteiger partial charge is 0.302 e. The number of benzene rings is 1. The minimum atomic E-state index is -2.87. The van der Waals surface area contributed by atoms with E-state index in [0.717, 1.165) is 24.1 Å². The predicted molar refractivity (Wildman–Crippen MR) is 109 cm³/mol. The van der Waals surface area contributed by atoms with Gasteiger partial charge in [0, 0.05) is 49.6 Å². The van der Waals surface area contributed by atoms with Gasteiger partial charge in [0.25, 0.3) is 0 Å². The molecule has 0 N–H and O–H groups in total. The fraction of sp³-hybridized carbons (Fsp3) is 0.636. The Bertz CT molecular complexity index is 857. The van der Waals surface area contributed by atoms with Crippen LogP contribution in [0.2, 0.25) is 0 Å². The molecule has 7 heteroatoms. The second kappa shape index (κ2) is 9.03. The lowest BCUT2D eigenvalue weighted by Crippen LogP contribution is -2.54. The summed E-state index contributed by atoms with van der Waals surface area (Å²) in [5, 5.41) is 0. The monoisotopic (exact) mass is 407 g/mol. The Hall–Kier alpha value is -2.28. The van der Waals surface area contributed by atoms with E-state index in [0.29, 0.717) is 37.6 Å². The van der Waals surface area contributed by atoms with Crippen molar-refractivity contribution in [3.05, 3.63) is 23.3 Å². The second-order valence-corrected chi connectivity index (χ2v) is 7.46. The quantitative estimate of drug-likeness (QED) is 0.675. The van der Waals surface area contributed by atoms with Gasteiger partial charge in [0.05, 0.1) is 20.1 Å². The van der Waals surface area contributed by atoms with Crippen LogP contribution in [0.25, 0.3) is 0 Å². The van der Waals surface area contributed by atoms with E-state index in [2.05, 4.69) is 4.90 Å². The molecular weight excluding hydrogens is 372 g/mol. The van der Waals surface area contributed by atoms with Gasteiger partial charge in [-0.15, -0.1) is 0 Å². The maximum Gasteiger partial charge on any atom is 0.302 e. The maximum atomic E-state index is 13.2. The van der Waals surface area contributed by atoms with Gasteiger partial charge in [-0.3, -0.25) is 14.5 Å². The highest BCUT2D eigenvalue weighted by Crippen LogP contribution is 2.43. The molecule has 1 amide bonds. The van der Waals surface area contributed by atoms with Crippen molar-refractivity contribution >= 4 is 11.9 Å². The average molecular weight is 408 g/mol. The van der Waals surface area contributed by atoms with E-state index < -0.39 is 24.8 Å². The molecule has 3 rings (SSSR count). The Labute approximate surface area is 177 Å². The molecule has 0 aliphatic carbocycles. The molecule has 1 aromatic rings. The molecule has 0 radical (unpaired) electrons.